The molecular formula is C21H19N3. The van der Waals surface area contributed by atoms with Crippen molar-refractivity contribution in [1.29, 1.82) is 0 Å². The number of aliphatic imine (C=N–C) groups is 1. The molecule has 1 aliphatic rings. The predicted molar refractivity (Wildman–Crippen MR) is 98.4 cm³/mol. The van der Waals surface area contributed by atoms with E-state index in [1.54, 1.807) is 6.20 Å². The van der Waals surface area contributed by atoms with Gasteiger partial charge in [0.1, 0.15) is 5.84 Å². The molecular weight excluding hydrogens is 294 g/mol. The van der Waals surface area contributed by atoms with Gasteiger partial charge in [-0.25, -0.2) is 0 Å². The van der Waals surface area contributed by atoms with Crippen LogP contribution in [-0.2, 0) is 0 Å². The Morgan fingerprint density at radius 2 is 1.58 bits per heavy atom. The fraction of sp³-hybridized carbons (Fsp3) is 0.143. The second-order valence-electron chi connectivity index (χ2n) is 5.87. The zero-order valence-corrected chi connectivity index (χ0v) is 13.4. The van der Waals surface area contributed by atoms with E-state index in [0.717, 1.165) is 30.1 Å². The Labute approximate surface area is 142 Å². The molecule has 2 heterocycles. The number of anilines is 1. The van der Waals surface area contributed by atoms with Crippen molar-refractivity contribution >= 4 is 11.5 Å². The highest BCUT2D eigenvalue weighted by atomic mass is 15.2. The van der Waals surface area contributed by atoms with Gasteiger partial charge in [0.15, 0.2) is 0 Å². The van der Waals surface area contributed by atoms with Crippen molar-refractivity contribution in [3.63, 3.8) is 0 Å². The van der Waals surface area contributed by atoms with Gasteiger partial charge in [-0.2, -0.15) is 0 Å². The van der Waals surface area contributed by atoms with Crippen LogP contribution in [0.2, 0.25) is 0 Å². The fourth-order valence-corrected chi connectivity index (χ4v) is 3.25. The third-order valence-corrected chi connectivity index (χ3v) is 4.34. The van der Waals surface area contributed by atoms with Gasteiger partial charge in [0, 0.05) is 30.2 Å². The molecule has 1 atom stereocenters. The maximum atomic E-state index is 4.84. The molecule has 0 radical (unpaired) electrons. The Kier molecular flexibility index (Phi) is 4.07. The maximum absolute atomic E-state index is 4.84. The quantitative estimate of drug-likeness (QED) is 0.713. The smallest absolute Gasteiger partial charge is 0.137 e. The lowest BCUT2D eigenvalue weighted by molar-refractivity contribution is 0.626. The van der Waals surface area contributed by atoms with Gasteiger partial charge in [-0.15, -0.1) is 0 Å². The topological polar surface area (TPSA) is 28.5 Å². The SMILES string of the molecule is c1ccc(C2CCN=C(c3cccnc3)N2c2ccccc2)cc1. The van der Waals surface area contributed by atoms with Crippen LogP contribution in [0.3, 0.4) is 0 Å². The third-order valence-electron chi connectivity index (χ3n) is 4.34. The zero-order chi connectivity index (χ0) is 16.2. The molecule has 0 amide bonds. The molecule has 3 aromatic rings. The third kappa shape index (κ3) is 2.81. The van der Waals surface area contributed by atoms with Crippen LogP contribution in [0.1, 0.15) is 23.6 Å². The monoisotopic (exact) mass is 313 g/mol. The largest absolute Gasteiger partial charge is 0.319 e. The van der Waals surface area contributed by atoms with E-state index in [2.05, 4.69) is 70.5 Å². The first-order valence-corrected chi connectivity index (χ1v) is 8.27. The molecule has 0 bridgehead atoms. The first-order valence-electron chi connectivity index (χ1n) is 8.27. The average Bonchev–Trinajstić information content (AvgIpc) is 2.69. The number of hydrogen-bond acceptors (Lipinski definition) is 3. The molecule has 0 N–H and O–H groups in total. The molecule has 1 aliphatic heterocycles. The lowest BCUT2D eigenvalue weighted by atomic mass is 9.98. The minimum Gasteiger partial charge on any atom is -0.319 e. The molecule has 2 aromatic carbocycles. The molecule has 3 nitrogen and oxygen atoms in total. The predicted octanol–water partition coefficient (Wildman–Crippen LogP) is 4.48. The Hall–Kier alpha value is -2.94. The number of benzene rings is 2. The minimum atomic E-state index is 0.279. The van der Waals surface area contributed by atoms with Crippen LogP contribution < -0.4 is 4.90 Å². The van der Waals surface area contributed by atoms with E-state index in [-0.39, 0.29) is 6.04 Å². The highest BCUT2D eigenvalue weighted by Gasteiger charge is 2.29. The molecule has 0 saturated carbocycles. The molecule has 0 aliphatic carbocycles. The summed E-state index contributed by atoms with van der Waals surface area (Å²) in [6.45, 7) is 0.827. The van der Waals surface area contributed by atoms with Crippen LogP contribution in [-0.4, -0.2) is 17.4 Å². The minimum absolute atomic E-state index is 0.279. The van der Waals surface area contributed by atoms with Crippen molar-refractivity contribution in [2.45, 2.75) is 12.5 Å². The molecule has 0 fully saturated rings. The van der Waals surface area contributed by atoms with Gasteiger partial charge in [-0.1, -0.05) is 48.5 Å². The van der Waals surface area contributed by atoms with Gasteiger partial charge >= 0.3 is 0 Å². The van der Waals surface area contributed by atoms with Crippen LogP contribution in [0.4, 0.5) is 5.69 Å². The number of hydrogen-bond donors (Lipinski definition) is 0. The summed E-state index contributed by atoms with van der Waals surface area (Å²) >= 11 is 0. The van der Waals surface area contributed by atoms with E-state index < -0.39 is 0 Å². The summed E-state index contributed by atoms with van der Waals surface area (Å²) in [6.07, 6.45) is 4.69. The first-order chi connectivity index (χ1) is 11.9. The first kappa shape index (κ1) is 14.6. The van der Waals surface area contributed by atoms with E-state index >= 15 is 0 Å². The summed E-state index contributed by atoms with van der Waals surface area (Å²) < 4.78 is 0. The number of aromatic nitrogens is 1. The van der Waals surface area contributed by atoms with Gasteiger partial charge < -0.3 is 4.90 Å². The van der Waals surface area contributed by atoms with E-state index in [1.807, 2.05) is 18.3 Å². The Morgan fingerprint density at radius 1 is 0.833 bits per heavy atom. The standard InChI is InChI=1S/C21H19N3/c1-3-8-17(9-4-1)20-13-15-23-21(18-10-7-14-22-16-18)24(20)19-11-5-2-6-12-19/h1-12,14,16,20H,13,15H2. The van der Waals surface area contributed by atoms with Gasteiger partial charge in [-0.3, -0.25) is 9.98 Å². The van der Waals surface area contributed by atoms with Crippen molar-refractivity contribution in [3.05, 3.63) is 96.3 Å². The molecule has 24 heavy (non-hydrogen) atoms. The van der Waals surface area contributed by atoms with E-state index in [0.29, 0.717) is 0 Å². The number of pyridine rings is 1. The number of nitrogens with zero attached hydrogens (tertiary/aromatic N) is 3. The Bertz CT molecular complexity index is 813. The molecule has 4 rings (SSSR count). The van der Waals surface area contributed by atoms with E-state index in [1.165, 1.54) is 5.56 Å². The number of para-hydroxylation sites is 1. The second kappa shape index (κ2) is 6.67. The maximum Gasteiger partial charge on any atom is 0.137 e. The molecule has 3 heteroatoms. The van der Waals surface area contributed by atoms with Gasteiger partial charge in [0.05, 0.1) is 6.04 Å². The van der Waals surface area contributed by atoms with Crippen molar-refractivity contribution in [1.82, 2.24) is 4.98 Å². The number of rotatable bonds is 3. The van der Waals surface area contributed by atoms with Gasteiger partial charge in [0.2, 0.25) is 0 Å². The van der Waals surface area contributed by atoms with Crippen molar-refractivity contribution in [3.8, 4) is 0 Å². The summed E-state index contributed by atoms with van der Waals surface area (Å²) in [7, 11) is 0. The van der Waals surface area contributed by atoms with E-state index in [4.69, 9.17) is 4.99 Å². The molecule has 118 valence electrons. The van der Waals surface area contributed by atoms with Crippen LogP contribution in [0.25, 0.3) is 0 Å². The van der Waals surface area contributed by atoms with Crippen LogP contribution >= 0.6 is 0 Å². The summed E-state index contributed by atoms with van der Waals surface area (Å²) in [6, 6.07) is 25.5. The summed E-state index contributed by atoms with van der Waals surface area (Å²) in [5.74, 6) is 0.995. The molecule has 1 unspecified atom stereocenters. The second-order valence-corrected chi connectivity index (χ2v) is 5.87. The van der Waals surface area contributed by atoms with Crippen LogP contribution in [0.15, 0.2) is 90.2 Å². The highest BCUT2D eigenvalue weighted by molar-refractivity contribution is 6.10. The molecule has 0 saturated heterocycles. The van der Waals surface area contributed by atoms with Crippen molar-refractivity contribution in [2.75, 3.05) is 11.4 Å². The van der Waals surface area contributed by atoms with Crippen molar-refractivity contribution in [2.24, 2.45) is 4.99 Å². The Balaban J connectivity index is 1.83. The number of amidine groups is 1. The summed E-state index contributed by atoms with van der Waals surface area (Å²) in [4.78, 5) is 11.5. The summed E-state index contributed by atoms with van der Waals surface area (Å²) in [5.41, 5.74) is 3.54. The van der Waals surface area contributed by atoms with Crippen molar-refractivity contribution < 1.29 is 0 Å². The summed E-state index contributed by atoms with van der Waals surface area (Å²) in [5, 5.41) is 0. The van der Waals surface area contributed by atoms with Crippen LogP contribution in [0.5, 0.6) is 0 Å². The molecule has 1 aromatic heterocycles. The van der Waals surface area contributed by atoms with Crippen LogP contribution in [0, 0.1) is 0 Å². The lowest BCUT2D eigenvalue weighted by Crippen LogP contribution is -2.39. The fourth-order valence-electron chi connectivity index (χ4n) is 3.25. The Morgan fingerprint density at radius 3 is 2.29 bits per heavy atom. The van der Waals surface area contributed by atoms with E-state index in [9.17, 15) is 0 Å². The normalized spacial score (nSPS) is 17.4. The zero-order valence-electron chi connectivity index (χ0n) is 13.4. The molecule has 0 spiro atoms. The average molecular weight is 313 g/mol. The van der Waals surface area contributed by atoms with Gasteiger partial charge in [0.25, 0.3) is 0 Å². The lowest BCUT2D eigenvalue weighted by Gasteiger charge is -2.37. The highest BCUT2D eigenvalue weighted by Crippen LogP contribution is 2.34. The van der Waals surface area contributed by atoms with Gasteiger partial charge in [-0.05, 0) is 36.2 Å².